The smallest absolute Gasteiger partial charge is 0.320 e. The van der Waals surface area contributed by atoms with E-state index < -0.39 is 15.9 Å². The Bertz CT molecular complexity index is 1040. The summed E-state index contributed by atoms with van der Waals surface area (Å²) in [4.78, 5) is 34.6. The molecule has 160 valence electrons. The number of rotatable bonds is 5. The zero-order chi connectivity index (χ0) is 21.3. The Morgan fingerprint density at radius 3 is 2.43 bits per heavy atom. The SMILES string of the molecule is CCc1sc(CC(=O)[C@@H]2CCN2C(=O)N2CCS(=O)(=O)CC2)nc1-c1ccccc1. The number of carbonyl (C=O) groups is 2. The highest BCUT2D eigenvalue weighted by molar-refractivity contribution is 7.91. The molecule has 30 heavy (non-hydrogen) atoms. The number of carbonyl (C=O) groups excluding carboxylic acids is 2. The Morgan fingerprint density at radius 2 is 1.83 bits per heavy atom. The van der Waals surface area contributed by atoms with E-state index in [9.17, 15) is 18.0 Å². The molecule has 9 heteroatoms. The quantitative estimate of drug-likeness (QED) is 0.702. The van der Waals surface area contributed by atoms with Gasteiger partial charge in [-0.3, -0.25) is 4.79 Å². The number of hydrogen-bond acceptors (Lipinski definition) is 6. The highest BCUT2D eigenvalue weighted by Crippen LogP contribution is 2.30. The second-order valence-electron chi connectivity index (χ2n) is 7.66. The third kappa shape index (κ3) is 4.27. The summed E-state index contributed by atoms with van der Waals surface area (Å²) in [6.45, 7) is 3.01. The maximum Gasteiger partial charge on any atom is 0.320 e. The van der Waals surface area contributed by atoms with Crippen LogP contribution in [-0.2, 0) is 27.5 Å². The molecule has 0 N–H and O–H groups in total. The predicted molar refractivity (Wildman–Crippen MR) is 116 cm³/mol. The van der Waals surface area contributed by atoms with Gasteiger partial charge in [-0.1, -0.05) is 37.3 Å². The summed E-state index contributed by atoms with van der Waals surface area (Å²) in [5.74, 6) is -0.0195. The molecular formula is C21H25N3O4S2. The first-order valence-corrected chi connectivity index (χ1v) is 12.8. The summed E-state index contributed by atoms with van der Waals surface area (Å²) < 4.78 is 23.2. The van der Waals surface area contributed by atoms with Crippen molar-refractivity contribution in [3.05, 3.63) is 40.2 Å². The number of thiazole rings is 1. The molecule has 0 bridgehead atoms. The Labute approximate surface area is 180 Å². The molecule has 2 amide bonds. The monoisotopic (exact) mass is 447 g/mol. The van der Waals surface area contributed by atoms with E-state index in [1.54, 1.807) is 21.1 Å². The van der Waals surface area contributed by atoms with Crippen LogP contribution in [0.15, 0.2) is 30.3 Å². The van der Waals surface area contributed by atoms with Crippen LogP contribution in [0.25, 0.3) is 11.3 Å². The number of amides is 2. The van der Waals surface area contributed by atoms with Crippen molar-refractivity contribution in [3.63, 3.8) is 0 Å². The molecule has 7 nitrogen and oxygen atoms in total. The molecule has 0 aliphatic carbocycles. The van der Waals surface area contributed by atoms with Crippen molar-refractivity contribution in [1.82, 2.24) is 14.8 Å². The molecule has 2 aliphatic rings. The standard InChI is InChI=1S/C21H25N3O4S2/c1-2-18-20(15-6-4-3-5-7-15)22-19(29-18)14-17(25)16-8-9-24(16)21(26)23-10-12-30(27,28)13-11-23/h3-7,16H,2,8-14H2,1H3/t16-/m0/s1. The number of nitrogens with zero attached hydrogens (tertiary/aromatic N) is 3. The molecule has 0 unspecified atom stereocenters. The highest BCUT2D eigenvalue weighted by Gasteiger charge is 2.40. The molecule has 0 spiro atoms. The molecule has 2 fully saturated rings. The van der Waals surface area contributed by atoms with Gasteiger partial charge in [-0.2, -0.15) is 0 Å². The largest absolute Gasteiger partial charge is 0.323 e. The minimum absolute atomic E-state index is 0.00440. The average Bonchev–Trinajstić information content (AvgIpc) is 3.10. The average molecular weight is 448 g/mol. The van der Waals surface area contributed by atoms with E-state index in [4.69, 9.17) is 4.98 Å². The predicted octanol–water partition coefficient (Wildman–Crippen LogP) is 2.41. The fourth-order valence-electron chi connectivity index (χ4n) is 3.84. The van der Waals surface area contributed by atoms with Crippen molar-refractivity contribution in [2.24, 2.45) is 0 Å². The van der Waals surface area contributed by atoms with E-state index in [0.717, 1.165) is 27.6 Å². The molecule has 4 rings (SSSR count). The topological polar surface area (TPSA) is 87.7 Å². The number of Topliss-reactive ketones (excluding diaryl/α,β-unsaturated/α-hetero) is 1. The number of ketones is 1. The van der Waals surface area contributed by atoms with E-state index in [1.165, 1.54) is 0 Å². The van der Waals surface area contributed by atoms with Gasteiger partial charge < -0.3 is 9.80 Å². The summed E-state index contributed by atoms with van der Waals surface area (Å²) in [6, 6.07) is 9.28. The van der Waals surface area contributed by atoms with Crippen molar-refractivity contribution >= 4 is 33.0 Å². The third-order valence-electron chi connectivity index (χ3n) is 5.69. The van der Waals surface area contributed by atoms with E-state index in [1.807, 2.05) is 30.3 Å². The van der Waals surface area contributed by atoms with Crippen LogP contribution in [-0.4, -0.2) is 72.2 Å². The van der Waals surface area contributed by atoms with Crippen LogP contribution in [0, 0.1) is 0 Å². The van der Waals surface area contributed by atoms with E-state index >= 15 is 0 Å². The van der Waals surface area contributed by atoms with E-state index in [2.05, 4.69) is 6.92 Å². The summed E-state index contributed by atoms with van der Waals surface area (Å²) in [7, 11) is -3.05. The lowest BCUT2D eigenvalue weighted by molar-refractivity contribution is -0.126. The molecule has 3 heterocycles. The van der Waals surface area contributed by atoms with Crippen molar-refractivity contribution < 1.29 is 18.0 Å². The van der Waals surface area contributed by atoms with Gasteiger partial charge in [0.25, 0.3) is 0 Å². The number of hydrogen-bond donors (Lipinski definition) is 0. The Balaban J connectivity index is 1.42. The minimum Gasteiger partial charge on any atom is -0.323 e. The van der Waals surface area contributed by atoms with Crippen LogP contribution in [0.2, 0.25) is 0 Å². The van der Waals surface area contributed by atoms with Gasteiger partial charge in [-0.15, -0.1) is 11.3 Å². The van der Waals surface area contributed by atoms with Crippen molar-refractivity contribution in [1.29, 1.82) is 0 Å². The molecule has 0 saturated carbocycles. The van der Waals surface area contributed by atoms with Gasteiger partial charge >= 0.3 is 6.03 Å². The van der Waals surface area contributed by atoms with Gasteiger partial charge in [0, 0.05) is 30.1 Å². The molecular weight excluding hydrogens is 422 g/mol. The van der Waals surface area contributed by atoms with E-state index in [0.29, 0.717) is 13.0 Å². The molecule has 2 aliphatic heterocycles. The molecule has 2 saturated heterocycles. The highest BCUT2D eigenvalue weighted by atomic mass is 32.2. The summed E-state index contributed by atoms with van der Waals surface area (Å²) in [6.07, 6.45) is 1.71. The van der Waals surface area contributed by atoms with Crippen LogP contribution in [0.1, 0.15) is 23.2 Å². The van der Waals surface area contributed by atoms with Crippen LogP contribution in [0.4, 0.5) is 4.79 Å². The Morgan fingerprint density at radius 1 is 1.13 bits per heavy atom. The van der Waals surface area contributed by atoms with Crippen molar-refractivity contribution in [2.75, 3.05) is 31.1 Å². The number of likely N-dealkylation sites (tertiary alicyclic amines) is 1. The van der Waals surface area contributed by atoms with Gasteiger partial charge in [0.05, 0.1) is 29.7 Å². The first-order chi connectivity index (χ1) is 14.4. The molecule has 1 aromatic carbocycles. The second kappa shape index (κ2) is 8.47. The van der Waals surface area contributed by atoms with Crippen LogP contribution >= 0.6 is 11.3 Å². The third-order valence-corrected chi connectivity index (χ3v) is 8.50. The normalized spacial score (nSPS) is 20.6. The van der Waals surface area contributed by atoms with Crippen molar-refractivity contribution in [3.8, 4) is 11.3 Å². The van der Waals surface area contributed by atoms with Crippen LogP contribution in [0.3, 0.4) is 0 Å². The van der Waals surface area contributed by atoms with E-state index in [-0.39, 0.29) is 42.8 Å². The number of aromatic nitrogens is 1. The fourth-order valence-corrected chi connectivity index (χ4v) is 6.08. The first-order valence-electron chi connectivity index (χ1n) is 10.2. The van der Waals surface area contributed by atoms with Gasteiger partial charge in [-0.05, 0) is 12.8 Å². The zero-order valence-corrected chi connectivity index (χ0v) is 18.5. The van der Waals surface area contributed by atoms with Crippen molar-refractivity contribution in [2.45, 2.75) is 32.2 Å². The zero-order valence-electron chi connectivity index (χ0n) is 16.9. The molecule has 0 radical (unpaired) electrons. The van der Waals surface area contributed by atoms with Gasteiger partial charge in [0.2, 0.25) is 0 Å². The van der Waals surface area contributed by atoms with Gasteiger partial charge in [-0.25, -0.2) is 18.2 Å². The maximum absolute atomic E-state index is 12.9. The number of benzene rings is 1. The number of aryl methyl sites for hydroxylation is 1. The summed E-state index contributed by atoms with van der Waals surface area (Å²) in [5.41, 5.74) is 1.98. The van der Waals surface area contributed by atoms with Gasteiger partial charge in [0.1, 0.15) is 5.01 Å². The molecule has 2 aromatic rings. The first kappa shape index (κ1) is 21.0. The summed E-state index contributed by atoms with van der Waals surface area (Å²) in [5, 5.41) is 0.777. The van der Waals surface area contributed by atoms with Gasteiger partial charge in [0.15, 0.2) is 15.6 Å². The molecule has 1 aromatic heterocycles. The minimum atomic E-state index is -3.05. The van der Waals surface area contributed by atoms with Crippen LogP contribution in [0.5, 0.6) is 0 Å². The molecule has 1 atom stereocenters. The number of urea groups is 1. The lowest BCUT2D eigenvalue weighted by Gasteiger charge is -2.43. The Hall–Kier alpha value is -2.26. The lowest BCUT2D eigenvalue weighted by Crippen LogP contribution is -2.60. The Kier molecular flexibility index (Phi) is 5.92. The second-order valence-corrected chi connectivity index (χ2v) is 11.1. The van der Waals surface area contributed by atoms with Crippen LogP contribution < -0.4 is 0 Å². The lowest BCUT2D eigenvalue weighted by atomic mass is 9.97. The fraction of sp³-hybridized carbons (Fsp3) is 0.476. The summed E-state index contributed by atoms with van der Waals surface area (Å²) >= 11 is 1.56. The number of sulfone groups is 1. The maximum atomic E-state index is 12.9.